The van der Waals surface area contributed by atoms with E-state index in [0.29, 0.717) is 11.5 Å². The Labute approximate surface area is 115 Å². The van der Waals surface area contributed by atoms with Gasteiger partial charge in [0.15, 0.2) is 17.3 Å². The van der Waals surface area contributed by atoms with Gasteiger partial charge in [-0.3, -0.25) is 0 Å². The summed E-state index contributed by atoms with van der Waals surface area (Å²) in [6, 6.07) is 11.1. The van der Waals surface area contributed by atoms with Crippen LogP contribution in [0.1, 0.15) is 5.56 Å². The van der Waals surface area contributed by atoms with Crippen molar-refractivity contribution in [3.8, 4) is 17.2 Å². The van der Waals surface area contributed by atoms with E-state index in [1.54, 1.807) is 24.3 Å². The zero-order valence-corrected chi connectivity index (χ0v) is 10.7. The van der Waals surface area contributed by atoms with Crippen LogP contribution in [0, 0.1) is 5.82 Å². The number of nitrogens with two attached hydrogens (primary N) is 1. The molecule has 0 saturated heterocycles. The lowest BCUT2D eigenvalue weighted by atomic mass is 10.1. The third-order valence-corrected chi connectivity index (χ3v) is 2.63. The highest BCUT2D eigenvalue weighted by Crippen LogP contribution is 2.33. The van der Waals surface area contributed by atoms with Crippen molar-refractivity contribution in [2.45, 2.75) is 0 Å². The van der Waals surface area contributed by atoms with Crippen LogP contribution in [0.2, 0.25) is 0 Å². The zero-order chi connectivity index (χ0) is 14.5. The molecule has 0 unspecified atom stereocenters. The molecule has 2 aromatic carbocycles. The minimum Gasteiger partial charge on any atom is -0.493 e. The number of para-hydroxylation sites is 2. The summed E-state index contributed by atoms with van der Waals surface area (Å²) in [5.74, 6) is 0.000283. The molecule has 0 aliphatic rings. The summed E-state index contributed by atoms with van der Waals surface area (Å²) in [6.07, 6.45) is 0. The Morgan fingerprint density at radius 2 is 1.75 bits per heavy atom. The van der Waals surface area contributed by atoms with Crippen LogP contribution in [0.5, 0.6) is 17.2 Å². The van der Waals surface area contributed by atoms with Crippen molar-refractivity contribution in [3.05, 3.63) is 53.8 Å². The van der Waals surface area contributed by atoms with Crippen molar-refractivity contribution in [2.75, 3.05) is 7.11 Å². The number of hydrogen-bond acceptors (Lipinski definition) is 4. The van der Waals surface area contributed by atoms with E-state index in [0.717, 1.165) is 0 Å². The van der Waals surface area contributed by atoms with E-state index in [1.807, 2.05) is 0 Å². The average molecular weight is 276 g/mol. The van der Waals surface area contributed by atoms with E-state index in [-0.39, 0.29) is 17.1 Å². The van der Waals surface area contributed by atoms with Crippen molar-refractivity contribution in [1.82, 2.24) is 0 Å². The smallest absolute Gasteiger partial charge is 0.176 e. The number of halogens is 1. The number of benzene rings is 2. The average Bonchev–Trinajstić information content (AvgIpc) is 2.47. The Kier molecular flexibility index (Phi) is 4.05. The summed E-state index contributed by atoms with van der Waals surface area (Å²) in [7, 11) is 1.50. The maximum absolute atomic E-state index is 13.8. The fraction of sp³-hybridized carbons (Fsp3) is 0.0714. The number of nitrogens with zero attached hydrogens (tertiary/aromatic N) is 1. The monoisotopic (exact) mass is 276 g/mol. The van der Waals surface area contributed by atoms with E-state index in [2.05, 4.69) is 5.16 Å². The zero-order valence-electron chi connectivity index (χ0n) is 10.7. The predicted molar refractivity (Wildman–Crippen MR) is 72.0 cm³/mol. The second-order valence-electron chi connectivity index (χ2n) is 3.85. The number of methoxy groups -OCH3 is 1. The predicted octanol–water partition coefficient (Wildman–Crippen LogP) is 2.72. The molecule has 2 aromatic rings. The lowest BCUT2D eigenvalue weighted by Crippen LogP contribution is -2.16. The minimum absolute atomic E-state index is 0.110. The molecule has 3 N–H and O–H groups in total. The molecule has 104 valence electrons. The van der Waals surface area contributed by atoms with Crippen LogP contribution in [-0.4, -0.2) is 18.2 Å². The molecule has 0 amide bonds. The van der Waals surface area contributed by atoms with Crippen LogP contribution >= 0.6 is 0 Å². The van der Waals surface area contributed by atoms with Gasteiger partial charge in [-0.25, -0.2) is 4.39 Å². The van der Waals surface area contributed by atoms with Gasteiger partial charge in [0.25, 0.3) is 0 Å². The summed E-state index contributed by atoms with van der Waals surface area (Å²) in [4.78, 5) is 0. The molecule has 0 aliphatic carbocycles. The molecule has 0 spiro atoms. The fourth-order valence-electron chi connectivity index (χ4n) is 1.71. The molecule has 5 nitrogen and oxygen atoms in total. The second-order valence-corrected chi connectivity index (χ2v) is 3.85. The lowest BCUT2D eigenvalue weighted by Gasteiger charge is -2.13. The Morgan fingerprint density at radius 3 is 2.40 bits per heavy atom. The van der Waals surface area contributed by atoms with Crippen LogP contribution in [0.15, 0.2) is 47.6 Å². The Morgan fingerprint density at radius 1 is 1.10 bits per heavy atom. The second kappa shape index (κ2) is 5.92. The first-order valence-electron chi connectivity index (χ1n) is 5.74. The van der Waals surface area contributed by atoms with Crippen LogP contribution in [-0.2, 0) is 0 Å². The Bertz CT molecular complexity index is 644. The van der Waals surface area contributed by atoms with E-state index < -0.39 is 5.82 Å². The minimum atomic E-state index is -0.646. The molecule has 0 radical (unpaired) electrons. The number of rotatable bonds is 4. The SMILES string of the molecule is COc1ccccc1Oc1cccc(F)c1C(N)=NO. The van der Waals surface area contributed by atoms with Crippen LogP contribution in [0.25, 0.3) is 0 Å². The molecule has 0 heterocycles. The van der Waals surface area contributed by atoms with Gasteiger partial charge in [0.1, 0.15) is 11.6 Å². The maximum Gasteiger partial charge on any atom is 0.176 e. The van der Waals surface area contributed by atoms with Gasteiger partial charge in [0.05, 0.1) is 12.7 Å². The molecule has 0 fully saturated rings. The van der Waals surface area contributed by atoms with Crippen LogP contribution in [0.4, 0.5) is 4.39 Å². The summed E-state index contributed by atoms with van der Waals surface area (Å²) in [5.41, 5.74) is 5.36. The van der Waals surface area contributed by atoms with Crippen molar-refractivity contribution in [2.24, 2.45) is 10.9 Å². The first-order valence-corrected chi connectivity index (χ1v) is 5.74. The lowest BCUT2D eigenvalue weighted by molar-refractivity contribution is 0.318. The standard InChI is InChI=1S/C14H13FN2O3/c1-19-10-6-2-3-7-11(10)20-12-8-4-5-9(15)13(12)14(16)17-18/h2-8,18H,1H3,(H2,16,17). The van der Waals surface area contributed by atoms with E-state index in [9.17, 15) is 4.39 Å². The van der Waals surface area contributed by atoms with E-state index >= 15 is 0 Å². The summed E-state index contributed by atoms with van der Waals surface area (Å²) >= 11 is 0. The molecular weight excluding hydrogens is 263 g/mol. The van der Waals surface area contributed by atoms with Gasteiger partial charge < -0.3 is 20.4 Å². The van der Waals surface area contributed by atoms with Crippen molar-refractivity contribution in [3.63, 3.8) is 0 Å². The largest absolute Gasteiger partial charge is 0.493 e. The molecule has 0 aliphatic heterocycles. The van der Waals surface area contributed by atoms with Crippen molar-refractivity contribution >= 4 is 5.84 Å². The molecule has 0 atom stereocenters. The maximum atomic E-state index is 13.8. The van der Waals surface area contributed by atoms with Gasteiger partial charge in [-0.1, -0.05) is 23.4 Å². The summed E-state index contributed by atoms with van der Waals surface area (Å²) < 4.78 is 24.5. The highest BCUT2D eigenvalue weighted by Gasteiger charge is 2.16. The highest BCUT2D eigenvalue weighted by molar-refractivity contribution is 5.99. The first kappa shape index (κ1) is 13.7. The van der Waals surface area contributed by atoms with Crippen LogP contribution in [0.3, 0.4) is 0 Å². The van der Waals surface area contributed by atoms with E-state index in [4.69, 9.17) is 20.4 Å². The summed E-state index contributed by atoms with van der Waals surface area (Å²) in [6.45, 7) is 0. The van der Waals surface area contributed by atoms with Gasteiger partial charge in [-0.05, 0) is 24.3 Å². The normalized spacial score (nSPS) is 11.2. The van der Waals surface area contributed by atoms with Gasteiger partial charge >= 0.3 is 0 Å². The quantitative estimate of drug-likeness (QED) is 0.389. The number of amidine groups is 1. The highest BCUT2D eigenvalue weighted by atomic mass is 19.1. The number of oxime groups is 1. The van der Waals surface area contributed by atoms with Crippen molar-refractivity contribution in [1.29, 1.82) is 0 Å². The van der Waals surface area contributed by atoms with Gasteiger partial charge in [0.2, 0.25) is 0 Å². The molecule has 0 saturated carbocycles. The Balaban J connectivity index is 2.46. The number of hydrogen-bond donors (Lipinski definition) is 2. The molecule has 20 heavy (non-hydrogen) atoms. The van der Waals surface area contributed by atoms with Gasteiger partial charge in [0, 0.05) is 0 Å². The van der Waals surface area contributed by atoms with Gasteiger partial charge in [-0.2, -0.15) is 0 Å². The van der Waals surface area contributed by atoms with E-state index in [1.165, 1.54) is 25.3 Å². The first-order chi connectivity index (χ1) is 9.67. The third kappa shape index (κ3) is 2.64. The molecule has 2 rings (SSSR count). The molecule has 6 heteroatoms. The third-order valence-electron chi connectivity index (χ3n) is 2.63. The molecule has 0 aromatic heterocycles. The van der Waals surface area contributed by atoms with Gasteiger partial charge in [-0.15, -0.1) is 0 Å². The molecular formula is C14H13FN2O3. The summed E-state index contributed by atoms with van der Waals surface area (Å²) in [5, 5.41) is 11.5. The topological polar surface area (TPSA) is 77.1 Å². The fourth-order valence-corrected chi connectivity index (χ4v) is 1.71. The number of ether oxygens (including phenoxy) is 2. The van der Waals surface area contributed by atoms with Crippen LogP contribution < -0.4 is 15.2 Å². The molecule has 0 bridgehead atoms. The van der Waals surface area contributed by atoms with Crippen molar-refractivity contribution < 1.29 is 19.1 Å². The Hall–Kier alpha value is -2.76.